The molecule has 2 rings (SSSR count). The molecule has 1 radical (unpaired) electrons. The molecule has 1 aromatic rings. The van der Waals surface area contributed by atoms with E-state index in [0.29, 0.717) is 19.6 Å². The van der Waals surface area contributed by atoms with Crippen LogP contribution in [0.25, 0.3) is 0 Å². The summed E-state index contributed by atoms with van der Waals surface area (Å²) in [7, 11) is 0. The van der Waals surface area contributed by atoms with Crippen molar-refractivity contribution in [2.75, 3.05) is 13.2 Å². The largest absolute Gasteiger partial charge is 0.376 e. The van der Waals surface area contributed by atoms with Crippen LogP contribution in [0.2, 0.25) is 0 Å². The summed E-state index contributed by atoms with van der Waals surface area (Å²) in [5.74, 6) is -0.260. The van der Waals surface area contributed by atoms with Gasteiger partial charge < -0.3 is 15.8 Å². The average Bonchev–Trinajstić information content (AvgIpc) is 2.90. The predicted molar refractivity (Wildman–Crippen MR) is 74.2 cm³/mol. The number of rotatable bonds is 7. The third-order valence-corrected chi connectivity index (χ3v) is 3.56. The topological polar surface area (TPSA) is 64.4 Å². The van der Waals surface area contributed by atoms with E-state index in [1.54, 1.807) is 0 Å². The molecule has 1 amide bonds. The second-order valence-electron chi connectivity index (χ2n) is 4.97. The van der Waals surface area contributed by atoms with Crippen molar-refractivity contribution in [2.24, 2.45) is 5.73 Å². The van der Waals surface area contributed by atoms with Gasteiger partial charge in [-0.2, -0.15) is 0 Å². The molecule has 103 valence electrons. The fourth-order valence-corrected chi connectivity index (χ4v) is 2.43. The zero-order chi connectivity index (χ0) is 13.6. The van der Waals surface area contributed by atoms with Crippen LogP contribution in [0, 0.1) is 6.42 Å². The van der Waals surface area contributed by atoms with Gasteiger partial charge in [0.1, 0.15) is 0 Å². The smallest absolute Gasteiger partial charge is 0.237 e. The highest BCUT2D eigenvalue weighted by molar-refractivity contribution is 5.85. The summed E-state index contributed by atoms with van der Waals surface area (Å²) in [5, 5.41) is 3.22. The molecule has 0 spiro atoms. The molecule has 1 heterocycles. The average molecular weight is 261 g/mol. The van der Waals surface area contributed by atoms with E-state index in [1.165, 1.54) is 0 Å². The van der Waals surface area contributed by atoms with Gasteiger partial charge in [-0.25, -0.2) is 0 Å². The highest BCUT2D eigenvalue weighted by atomic mass is 16.5. The third kappa shape index (κ3) is 3.78. The zero-order valence-electron chi connectivity index (χ0n) is 11.1. The van der Waals surface area contributed by atoms with E-state index in [-0.39, 0.29) is 5.91 Å². The first-order chi connectivity index (χ1) is 9.23. The molecule has 0 aromatic heterocycles. The number of primary amides is 1. The molecule has 1 aliphatic rings. The van der Waals surface area contributed by atoms with Crippen LogP contribution in [-0.2, 0) is 16.1 Å². The Kier molecular flexibility index (Phi) is 4.93. The van der Waals surface area contributed by atoms with Crippen LogP contribution < -0.4 is 11.1 Å². The first-order valence-corrected chi connectivity index (χ1v) is 6.71. The van der Waals surface area contributed by atoms with E-state index < -0.39 is 5.54 Å². The summed E-state index contributed by atoms with van der Waals surface area (Å²) < 4.78 is 5.57. The second-order valence-corrected chi connectivity index (χ2v) is 4.97. The zero-order valence-corrected chi connectivity index (χ0v) is 11.1. The number of carbonyl (C=O) groups excluding carboxylic acids is 1. The number of benzene rings is 1. The number of nitrogens with one attached hydrogen (secondary N) is 1. The molecule has 0 saturated carbocycles. The third-order valence-electron chi connectivity index (χ3n) is 3.56. The van der Waals surface area contributed by atoms with Gasteiger partial charge in [0.25, 0.3) is 0 Å². The maximum Gasteiger partial charge on any atom is 0.237 e. The number of hydrogen-bond acceptors (Lipinski definition) is 3. The van der Waals surface area contributed by atoms with E-state index in [9.17, 15) is 4.79 Å². The molecule has 4 nitrogen and oxygen atoms in total. The monoisotopic (exact) mass is 261 g/mol. The van der Waals surface area contributed by atoms with Crippen LogP contribution >= 0.6 is 0 Å². The molecular weight excluding hydrogens is 240 g/mol. The Morgan fingerprint density at radius 1 is 1.42 bits per heavy atom. The molecule has 1 fully saturated rings. The lowest BCUT2D eigenvalue weighted by Crippen LogP contribution is -2.51. The van der Waals surface area contributed by atoms with Crippen molar-refractivity contribution in [1.82, 2.24) is 5.32 Å². The van der Waals surface area contributed by atoms with Crippen LogP contribution in [0.3, 0.4) is 0 Å². The van der Waals surface area contributed by atoms with Gasteiger partial charge in [0, 0.05) is 0 Å². The number of ether oxygens (including phenoxy) is 1. The lowest BCUT2D eigenvalue weighted by atomic mass is 9.91. The van der Waals surface area contributed by atoms with Crippen molar-refractivity contribution in [2.45, 2.75) is 31.4 Å². The Hall–Kier alpha value is -1.39. The molecule has 0 aliphatic carbocycles. The van der Waals surface area contributed by atoms with Gasteiger partial charge in [0.05, 0.1) is 18.8 Å². The predicted octanol–water partition coefficient (Wildman–Crippen LogP) is 1.41. The lowest BCUT2D eigenvalue weighted by Gasteiger charge is -2.25. The molecule has 1 aromatic carbocycles. The summed E-state index contributed by atoms with van der Waals surface area (Å²) in [6.07, 6.45) is 4.45. The van der Waals surface area contributed by atoms with Crippen molar-refractivity contribution in [3.8, 4) is 0 Å². The summed E-state index contributed by atoms with van der Waals surface area (Å²) in [4.78, 5) is 11.5. The van der Waals surface area contributed by atoms with Crippen molar-refractivity contribution in [3.63, 3.8) is 0 Å². The summed E-state index contributed by atoms with van der Waals surface area (Å²) >= 11 is 0. The molecule has 19 heavy (non-hydrogen) atoms. The second kappa shape index (κ2) is 6.68. The minimum atomic E-state index is -0.546. The Balaban J connectivity index is 1.67. The van der Waals surface area contributed by atoms with Gasteiger partial charge in [0.2, 0.25) is 5.91 Å². The van der Waals surface area contributed by atoms with Gasteiger partial charge in [0.15, 0.2) is 0 Å². The van der Waals surface area contributed by atoms with Crippen LogP contribution in [0.4, 0.5) is 0 Å². The molecule has 1 saturated heterocycles. The Morgan fingerprint density at radius 3 is 2.84 bits per heavy atom. The van der Waals surface area contributed by atoms with Crippen molar-refractivity contribution < 1.29 is 9.53 Å². The molecule has 1 unspecified atom stereocenters. The molecular formula is C15H21N2O2. The number of carbonyl (C=O) groups is 1. The van der Waals surface area contributed by atoms with E-state index in [2.05, 4.69) is 5.32 Å². The highest BCUT2D eigenvalue weighted by Gasteiger charge is 2.38. The molecule has 4 heteroatoms. The molecule has 1 aliphatic heterocycles. The number of nitrogens with two attached hydrogens (primary N) is 1. The minimum absolute atomic E-state index is 0.260. The highest BCUT2D eigenvalue weighted by Crippen LogP contribution is 2.23. The lowest BCUT2D eigenvalue weighted by molar-refractivity contribution is -0.123. The Labute approximate surface area is 114 Å². The van der Waals surface area contributed by atoms with Gasteiger partial charge in [-0.15, -0.1) is 0 Å². The van der Waals surface area contributed by atoms with E-state index in [1.807, 2.05) is 36.8 Å². The van der Waals surface area contributed by atoms with Crippen molar-refractivity contribution in [3.05, 3.63) is 42.3 Å². The normalized spacial score (nSPS) is 22.5. The minimum Gasteiger partial charge on any atom is -0.376 e. The Morgan fingerprint density at radius 2 is 2.21 bits per heavy atom. The fourth-order valence-electron chi connectivity index (χ4n) is 2.43. The van der Waals surface area contributed by atoms with Gasteiger partial charge >= 0.3 is 0 Å². The van der Waals surface area contributed by atoms with Gasteiger partial charge in [-0.3, -0.25) is 4.79 Å². The SMILES string of the molecule is NC(=O)C1(C[CH]COCc2ccccc2)CCCN1. The van der Waals surface area contributed by atoms with Crippen LogP contribution in [0.15, 0.2) is 30.3 Å². The van der Waals surface area contributed by atoms with Crippen LogP contribution in [0.5, 0.6) is 0 Å². The quantitative estimate of drug-likeness (QED) is 0.729. The molecule has 0 bridgehead atoms. The maximum absolute atomic E-state index is 11.5. The number of amides is 1. The standard InChI is InChI=1S/C15H21N2O2/c16-14(18)15(8-4-10-17-15)9-5-11-19-12-13-6-2-1-3-7-13/h1-3,5-7,17H,4,8-12H2,(H2,16,18). The van der Waals surface area contributed by atoms with Gasteiger partial charge in [-0.05, 0) is 37.8 Å². The maximum atomic E-state index is 11.5. The van der Waals surface area contributed by atoms with E-state index in [0.717, 1.165) is 24.9 Å². The first kappa shape index (κ1) is 14.0. The van der Waals surface area contributed by atoms with Crippen molar-refractivity contribution >= 4 is 5.91 Å². The van der Waals surface area contributed by atoms with Crippen LogP contribution in [0.1, 0.15) is 24.8 Å². The summed E-state index contributed by atoms with van der Waals surface area (Å²) in [6, 6.07) is 10.0. The van der Waals surface area contributed by atoms with E-state index in [4.69, 9.17) is 10.5 Å². The van der Waals surface area contributed by atoms with Gasteiger partial charge in [-0.1, -0.05) is 30.3 Å². The summed E-state index contributed by atoms with van der Waals surface area (Å²) in [6.45, 7) is 1.99. The Bertz CT molecular complexity index is 400. The molecule has 1 atom stereocenters. The molecule has 3 N–H and O–H groups in total. The summed E-state index contributed by atoms with van der Waals surface area (Å²) in [5.41, 5.74) is 6.08. The fraction of sp³-hybridized carbons (Fsp3) is 0.467. The van der Waals surface area contributed by atoms with E-state index >= 15 is 0 Å². The number of hydrogen-bond donors (Lipinski definition) is 2. The first-order valence-electron chi connectivity index (χ1n) is 6.71. The van der Waals surface area contributed by atoms with Crippen molar-refractivity contribution in [1.29, 1.82) is 0 Å². The van der Waals surface area contributed by atoms with Crippen LogP contribution in [-0.4, -0.2) is 24.6 Å².